The van der Waals surface area contributed by atoms with Gasteiger partial charge in [0.15, 0.2) is 0 Å². The van der Waals surface area contributed by atoms with Crippen molar-refractivity contribution >= 4 is 5.78 Å². The number of benzene rings is 1. The van der Waals surface area contributed by atoms with Gasteiger partial charge < -0.3 is 0 Å². The van der Waals surface area contributed by atoms with Crippen molar-refractivity contribution in [1.82, 2.24) is 0 Å². The van der Waals surface area contributed by atoms with Gasteiger partial charge in [-0.2, -0.15) is 5.26 Å². The summed E-state index contributed by atoms with van der Waals surface area (Å²) in [4.78, 5) is 12.2. The minimum atomic E-state index is 0.0192. The lowest BCUT2D eigenvalue weighted by Crippen LogP contribution is -2.30. The van der Waals surface area contributed by atoms with Crippen LogP contribution in [-0.4, -0.2) is 5.78 Å². The molecule has 1 aliphatic carbocycles. The van der Waals surface area contributed by atoms with E-state index in [2.05, 4.69) is 26.8 Å². The first-order chi connectivity index (χ1) is 8.91. The molecule has 0 saturated heterocycles. The Bertz CT molecular complexity index is 502. The van der Waals surface area contributed by atoms with Crippen LogP contribution in [0.5, 0.6) is 0 Å². The average Bonchev–Trinajstić information content (AvgIpc) is 2.38. The zero-order valence-electron chi connectivity index (χ0n) is 11.9. The molecule has 0 N–H and O–H groups in total. The second-order valence-corrected chi connectivity index (χ2v) is 6.59. The standard InChI is InChI=1S/C17H21NO/c1-17(2,3)14-8-9-16(19)15(10-14)13-6-4-12(11-18)5-7-13/h4-7,14-15H,8-10H2,1-3H3. The highest BCUT2D eigenvalue weighted by molar-refractivity contribution is 5.86. The second-order valence-electron chi connectivity index (χ2n) is 6.59. The molecule has 1 aromatic carbocycles. The number of carbonyl (C=O) groups excluding carboxylic acids is 1. The predicted molar refractivity (Wildman–Crippen MR) is 75.7 cm³/mol. The first-order valence-electron chi connectivity index (χ1n) is 6.94. The molecule has 0 radical (unpaired) electrons. The van der Waals surface area contributed by atoms with E-state index >= 15 is 0 Å². The lowest BCUT2D eigenvalue weighted by molar-refractivity contribution is -0.123. The van der Waals surface area contributed by atoms with E-state index in [1.165, 1.54) is 0 Å². The summed E-state index contributed by atoms with van der Waals surface area (Å²) in [6.45, 7) is 6.76. The molecule has 0 heterocycles. The number of Topliss-reactive ketones (excluding diaryl/α,β-unsaturated/α-hetero) is 1. The van der Waals surface area contributed by atoms with E-state index in [1.807, 2.05) is 24.3 Å². The van der Waals surface area contributed by atoms with Gasteiger partial charge in [-0.05, 0) is 41.9 Å². The normalized spacial score (nSPS) is 24.0. The zero-order valence-corrected chi connectivity index (χ0v) is 11.9. The van der Waals surface area contributed by atoms with Crippen molar-refractivity contribution in [2.75, 3.05) is 0 Å². The maximum absolute atomic E-state index is 12.2. The minimum absolute atomic E-state index is 0.0192. The smallest absolute Gasteiger partial charge is 0.140 e. The number of nitrogens with zero attached hydrogens (tertiary/aromatic N) is 1. The first-order valence-corrected chi connectivity index (χ1v) is 6.94. The van der Waals surface area contributed by atoms with Gasteiger partial charge in [-0.15, -0.1) is 0 Å². The number of carbonyl (C=O) groups is 1. The lowest BCUT2D eigenvalue weighted by atomic mass is 9.67. The largest absolute Gasteiger partial charge is 0.299 e. The van der Waals surface area contributed by atoms with Gasteiger partial charge in [0.2, 0.25) is 0 Å². The van der Waals surface area contributed by atoms with Crippen LogP contribution >= 0.6 is 0 Å². The van der Waals surface area contributed by atoms with E-state index in [-0.39, 0.29) is 11.3 Å². The highest BCUT2D eigenvalue weighted by Crippen LogP contribution is 2.42. The monoisotopic (exact) mass is 255 g/mol. The molecule has 2 unspecified atom stereocenters. The quantitative estimate of drug-likeness (QED) is 0.759. The molecule has 1 saturated carbocycles. The Kier molecular flexibility index (Phi) is 3.75. The van der Waals surface area contributed by atoms with Gasteiger partial charge >= 0.3 is 0 Å². The van der Waals surface area contributed by atoms with Gasteiger partial charge in [-0.25, -0.2) is 0 Å². The van der Waals surface area contributed by atoms with Crippen molar-refractivity contribution in [3.8, 4) is 6.07 Å². The summed E-state index contributed by atoms with van der Waals surface area (Å²) >= 11 is 0. The summed E-state index contributed by atoms with van der Waals surface area (Å²) in [5.41, 5.74) is 1.98. The number of nitriles is 1. The molecule has 0 amide bonds. The highest BCUT2D eigenvalue weighted by atomic mass is 16.1. The summed E-state index contributed by atoms with van der Waals surface area (Å²) in [5.74, 6) is 0.960. The summed E-state index contributed by atoms with van der Waals surface area (Å²) in [7, 11) is 0. The third-order valence-electron chi connectivity index (χ3n) is 4.31. The Hall–Kier alpha value is -1.62. The molecule has 0 aromatic heterocycles. The Balaban J connectivity index is 2.21. The summed E-state index contributed by atoms with van der Waals surface area (Å²) < 4.78 is 0. The van der Waals surface area contributed by atoms with Crippen molar-refractivity contribution in [3.05, 3.63) is 35.4 Å². The number of rotatable bonds is 1. The van der Waals surface area contributed by atoms with E-state index in [9.17, 15) is 4.79 Å². The number of ketones is 1. The molecule has 2 atom stereocenters. The summed E-state index contributed by atoms with van der Waals surface area (Å²) in [6, 6.07) is 9.61. The van der Waals surface area contributed by atoms with Gasteiger partial charge in [0, 0.05) is 12.3 Å². The Morgan fingerprint density at radius 3 is 2.37 bits per heavy atom. The van der Waals surface area contributed by atoms with Crippen molar-refractivity contribution in [2.24, 2.45) is 11.3 Å². The summed E-state index contributed by atoms with van der Waals surface area (Å²) in [6.07, 6.45) is 2.63. The van der Waals surface area contributed by atoms with Crippen LogP contribution in [0.4, 0.5) is 0 Å². The summed E-state index contributed by atoms with van der Waals surface area (Å²) in [5, 5.41) is 8.82. The maximum atomic E-state index is 12.2. The molecular formula is C17H21NO. The third-order valence-corrected chi connectivity index (χ3v) is 4.31. The topological polar surface area (TPSA) is 40.9 Å². The van der Waals surface area contributed by atoms with E-state index in [4.69, 9.17) is 5.26 Å². The maximum Gasteiger partial charge on any atom is 0.140 e. The molecule has 2 nitrogen and oxygen atoms in total. The number of hydrogen-bond donors (Lipinski definition) is 0. The van der Waals surface area contributed by atoms with Crippen molar-refractivity contribution in [2.45, 2.75) is 46.0 Å². The van der Waals surface area contributed by atoms with E-state index in [1.54, 1.807) is 0 Å². The van der Waals surface area contributed by atoms with Crippen LogP contribution in [0, 0.1) is 22.7 Å². The van der Waals surface area contributed by atoms with Gasteiger partial charge in [-0.1, -0.05) is 32.9 Å². The van der Waals surface area contributed by atoms with Crippen molar-refractivity contribution < 1.29 is 4.79 Å². The fraction of sp³-hybridized carbons (Fsp3) is 0.529. The molecule has 2 heteroatoms. The van der Waals surface area contributed by atoms with Crippen LogP contribution in [0.1, 0.15) is 57.1 Å². The van der Waals surface area contributed by atoms with E-state index in [0.29, 0.717) is 23.7 Å². The second kappa shape index (κ2) is 5.17. The molecule has 0 bridgehead atoms. The molecule has 1 fully saturated rings. The lowest BCUT2D eigenvalue weighted by Gasteiger charge is -2.37. The fourth-order valence-electron chi connectivity index (χ4n) is 2.92. The van der Waals surface area contributed by atoms with Gasteiger partial charge in [-0.3, -0.25) is 4.79 Å². The van der Waals surface area contributed by atoms with Gasteiger partial charge in [0.1, 0.15) is 5.78 Å². The van der Waals surface area contributed by atoms with Gasteiger partial charge in [0.25, 0.3) is 0 Å². The van der Waals surface area contributed by atoms with Crippen LogP contribution in [0.15, 0.2) is 24.3 Å². The molecule has 1 aromatic rings. The highest BCUT2D eigenvalue weighted by Gasteiger charge is 2.35. The van der Waals surface area contributed by atoms with Crippen LogP contribution < -0.4 is 0 Å². The van der Waals surface area contributed by atoms with Gasteiger partial charge in [0.05, 0.1) is 11.6 Å². The average molecular weight is 255 g/mol. The van der Waals surface area contributed by atoms with Crippen LogP contribution in [-0.2, 0) is 4.79 Å². The Morgan fingerprint density at radius 1 is 1.21 bits per heavy atom. The third kappa shape index (κ3) is 3.04. The molecule has 0 spiro atoms. The molecular weight excluding hydrogens is 234 g/mol. The number of hydrogen-bond acceptors (Lipinski definition) is 2. The van der Waals surface area contributed by atoms with E-state index < -0.39 is 0 Å². The Morgan fingerprint density at radius 2 is 1.84 bits per heavy atom. The van der Waals surface area contributed by atoms with Crippen LogP contribution in [0.2, 0.25) is 0 Å². The van der Waals surface area contributed by atoms with Crippen LogP contribution in [0.25, 0.3) is 0 Å². The van der Waals surface area contributed by atoms with Crippen molar-refractivity contribution in [1.29, 1.82) is 5.26 Å². The SMILES string of the molecule is CC(C)(C)C1CCC(=O)C(c2ccc(C#N)cc2)C1. The molecule has 2 rings (SSSR count). The molecule has 19 heavy (non-hydrogen) atoms. The predicted octanol–water partition coefficient (Wildman–Crippen LogP) is 4.06. The van der Waals surface area contributed by atoms with Crippen LogP contribution in [0.3, 0.4) is 0 Å². The zero-order chi connectivity index (χ0) is 14.0. The molecule has 1 aliphatic rings. The molecule has 100 valence electrons. The van der Waals surface area contributed by atoms with Crippen molar-refractivity contribution in [3.63, 3.8) is 0 Å². The minimum Gasteiger partial charge on any atom is -0.299 e. The fourth-order valence-corrected chi connectivity index (χ4v) is 2.92. The Labute approximate surface area is 115 Å². The van der Waals surface area contributed by atoms with E-state index in [0.717, 1.165) is 18.4 Å². The first kappa shape index (κ1) is 13.8. The molecule has 0 aliphatic heterocycles.